The molecular weight excluding hydrogens is 310 g/mol. The summed E-state index contributed by atoms with van der Waals surface area (Å²) in [6.07, 6.45) is 0. The second kappa shape index (κ2) is 6.49. The standard InChI is InChI=1S/C15H17N7O2/c1-10-16-14(19-22(10)3)18-15(23)21(2)9-12-17-13(24-20-12)11-7-5-4-6-8-11/h4-8H,9H2,1-3H3,(H,18,19,23). The van der Waals surface area contributed by atoms with Gasteiger partial charge in [0, 0.05) is 19.7 Å². The first-order chi connectivity index (χ1) is 11.5. The monoisotopic (exact) mass is 327 g/mol. The van der Waals surface area contributed by atoms with E-state index in [0.29, 0.717) is 17.5 Å². The predicted molar refractivity (Wildman–Crippen MR) is 86.0 cm³/mol. The highest BCUT2D eigenvalue weighted by atomic mass is 16.5. The van der Waals surface area contributed by atoms with Gasteiger partial charge < -0.3 is 9.42 Å². The van der Waals surface area contributed by atoms with Crippen LogP contribution in [0.2, 0.25) is 0 Å². The second-order valence-electron chi connectivity index (χ2n) is 5.27. The maximum atomic E-state index is 12.2. The first-order valence-corrected chi connectivity index (χ1v) is 7.30. The smallest absolute Gasteiger partial charge is 0.324 e. The van der Waals surface area contributed by atoms with E-state index < -0.39 is 0 Å². The Kier molecular flexibility index (Phi) is 4.23. The molecule has 0 aliphatic heterocycles. The molecule has 24 heavy (non-hydrogen) atoms. The molecule has 0 unspecified atom stereocenters. The quantitative estimate of drug-likeness (QED) is 0.784. The lowest BCUT2D eigenvalue weighted by molar-refractivity contribution is 0.218. The van der Waals surface area contributed by atoms with Gasteiger partial charge in [-0.15, -0.1) is 5.10 Å². The van der Waals surface area contributed by atoms with Crippen LogP contribution in [0.3, 0.4) is 0 Å². The number of hydrogen-bond acceptors (Lipinski definition) is 6. The van der Waals surface area contributed by atoms with Gasteiger partial charge in [-0.25, -0.2) is 4.79 Å². The van der Waals surface area contributed by atoms with Crippen molar-refractivity contribution in [2.45, 2.75) is 13.5 Å². The molecule has 124 valence electrons. The number of anilines is 1. The van der Waals surface area contributed by atoms with E-state index in [-0.39, 0.29) is 18.5 Å². The molecule has 9 nitrogen and oxygen atoms in total. The maximum absolute atomic E-state index is 12.2. The SMILES string of the molecule is Cc1nc(NC(=O)N(C)Cc2noc(-c3ccccc3)n2)nn1C. The third kappa shape index (κ3) is 3.40. The van der Waals surface area contributed by atoms with Gasteiger partial charge in [0.2, 0.25) is 5.95 Å². The molecule has 2 heterocycles. The summed E-state index contributed by atoms with van der Waals surface area (Å²) in [5.41, 5.74) is 0.830. The normalized spacial score (nSPS) is 10.6. The minimum absolute atomic E-state index is 0.202. The number of benzene rings is 1. The van der Waals surface area contributed by atoms with Crippen molar-refractivity contribution in [1.29, 1.82) is 0 Å². The zero-order chi connectivity index (χ0) is 17.1. The average molecular weight is 327 g/mol. The molecule has 0 bridgehead atoms. The summed E-state index contributed by atoms with van der Waals surface area (Å²) in [4.78, 5) is 22.0. The largest absolute Gasteiger partial charge is 0.334 e. The fraction of sp³-hybridized carbons (Fsp3) is 0.267. The minimum atomic E-state index is -0.355. The zero-order valence-electron chi connectivity index (χ0n) is 13.6. The summed E-state index contributed by atoms with van der Waals surface area (Å²) in [5, 5.41) is 10.6. The highest BCUT2D eigenvalue weighted by Crippen LogP contribution is 2.16. The molecule has 3 aromatic rings. The lowest BCUT2D eigenvalue weighted by atomic mass is 10.2. The van der Waals surface area contributed by atoms with Crippen LogP contribution in [0.25, 0.3) is 11.5 Å². The molecule has 0 fully saturated rings. The van der Waals surface area contributed by atoms with Crippen LogP contribution in [0.4, 0.5) is 10.7 Å². The van der Waals surface area contributed by atoms with Gasteiger partial charge >= 0.3 is 6.03 Å². The van der Waals surface area contributed by atoms with E-state index in [1.54, 1.807) is 25.7 Å². The van der Waals surface area contributed by atoms with Crippen molar-refractivity contribution >= 4 is 12.0 Å². The number of rotatable bonds is 4. The van der Waals surface area contributed by atoms with Crippen LogP contribution in [-0.4, -0.2) is 42.9 Å². The number of nitrogens with one attached hydrogen (secondary N) is 1. The highest BCUT2D eigenvalue weighted by Gasteiger charge is 2.16. The predicted octanol–water partition coefficient (Wildman–Crippen LogP) is 1.84. The van der Waals surface area contributed by atoms with Crippen molar-refractivity contribution in [1.82, 2.24) is 29.8 Å². The lowest BCUT2D eigenvalue weighted by Gasteiger charge is -2.14. The fourth-order valence-electron chi connectivity index (χ4n) is 2.01. The molecule has 9 heteroatoms. The summed E-state index contributed by atoms with van der Waals surface area (Å²) < 4.78 is 6.81. The Balaban J connectivity index is 1.63. The van der Waals surface area contributed by atoms with E-state index in [0.717, 1.165) is 5.56 Å². The van der Waals surface area contributed by atoms with E-state index >= 15 is 0 Å². The molecule has 1 N–H and O–H groups in total. The van der Waals surface area contributed by atoms with Crippen molar-refractivity contribution < 1.29 is 9.32 Å². The first kappa shape index (κ1) is 15.7. The van der Waals surface area contributed by atoms with Gasteiger partial charge in [-0.2, -0.15) is 9.97 Å². The highest BCUT2D eigenvalue weighted by molar-refractivity contribution is 5.87. The number of carbonyl (C=O) groups is 1. The van der Waals surface area contributed by atoms with E-state index in [1.165, 1.54) is 4.90 Å². The maximum Gasteiger partial charge on any atom is 0.324 e. The average Bonchev–Trinajstić information content (AvgIpc) is 3.15. The Hall–Kier alpha value is -3.23. The lowest BCUT2D eigenvalue weighted by Crippen LogP contribution is -2.31. The van der Waals surface area contributed by atoms with Crippen LogP contribution in [0.15, 0.2) is 34.9 Å². The zero-order valence-corrected chi connectivity index (χ0v) is 13.6. The number of carbonyl (C=O) groups excluding carboxylic acids is 1. The molecule has 0 aliphatic rings. The summed E-state index contributed by atoms with van der Waals surface area (Å²) in [7, 11) is 3.38. The van der Waals surface area contributed by atoms with Gasteiger partial charge in [0.15, 0.2) is 5.82 Å². The van der Waals surface area contributed by atoms with E-state index in [1.807, 2.05) is 30.3 Å². The summed E-state index contributed by atoms with van der Waals surface area (Å²) >= 11 is 0. The molecule has 0 saturated heterocycles. The van der Waals surface area contributed by atoms with Crippen molar-refractivity contribution in [3.63, 3.8) is 0 Å². The van der Waals surface area contributed by atoms with E-state index in [4.69, 9.17) is 4.52 Å². The van der Waals surface area contributed by atoms with Gasteiger partial charge in [0.25, 0.3) is 5.89 Å². The number of aryl methyl sites for hydroxylation is 2. The van der Waals surface area contributed by atoms with Gasteiger partial charge in [-0.05, 0) is 19.1 Å². The topological polar surface area (TPSA) is 102 Å². The molecule has 2 amide bonds. The van der Waals surface area contributed by atoms with Gasteiger partial charge in [0.1, 0.15) is 5.82 Å². The Labute approximate surface area is 138 Å². The number of aromatic nitrogens is 5. The molecular formula is C15H17N7O2. The third-order valence-electron chi connectivity index (χ3n) is 3.41. The molecule has 0 spiro atoms. The molecule has 3 rings (SSSR count). The van der Waals surface area contributed by atoms with Crippen molar-refractivity contribution in [2.24, 2.45) is 7.05 Å². The van der Waals surface area contributed by atoms with Crippen molar-refractivity contribution in [3.05, 3.63) is 42.0 Å². The number of amides is 2. The third-order valence-corrected chi connectivity index (χ3v) is 3.41. The van der Waals surface area contributed by atoms with Crippen LogP contribution in [0, 0.1) is 6.92 Å². The molecule has 0 radical (unpaired) electrons. The number of hydrogen-bond donors (Lipinski definition) is 1. The number of nitrogens with zero attached hydrogens (tertiary/aromatic N) is 6. The fourth-order valence-corrected chi connectivity index (χ4v) is 2.01. The molecule has 0 saturated carbocycles. The second-order valence-corrected chi connectivity index (χ2v) is 5.27. The Morgan fingerprint density at radius 1 is 1.29 bits per heavy atom. The van der Waals surface area contributed by atoms with Crippen molar-refractivity contribution in [3.8, 4) is 11.5 Å². The first-order valence-electron chi connectivity index (χ1n) is 7.30. The van der Waals surface area contributed by atoms with Gasteiger partial charge in [-0.1, -0.05) is 23.4 Å². The minimum Gasteiger partial charge on any atom is -0.334 e. The molecule has 2 aromatic heterocycles. The summed E-state index contributed by atoms with van der Waals surface area (Å²) in [6, 6.07) is 9.09. The van der Waals surface area contributed by atoms with Gasteiger partial charge in [-0.3, -0.25) is 10.00 Å². The Morgan fingerprint density at radius 3 is 2.71 bits per heavy atom. The summed E-state index contributed by atoms with van der Waals surface area (Å²) in [5.74, 6) is 1.79. The molecule has 0 aliphatic carbocycles. The van der Waals surface area contributed by atoms with Crippen LogP contribution in [0.5, 0.6) is 0 Å². The number of urea groups is 1. The molecule has 0 atom stereocenters. The van der Waals surface area contributed by atoms with Gasteiger partial charge in [0.05, 0.1) is 6.54 Å². The van der Waals surface area contributed by atoms with E-state index in [9.17, 15) is 4.79 Å². The Bertz CT molecular complexity index is 821. The van der Waals surface area contributed by atoms with Crippen molar-refractivity contribution in [2.75, 3.05) is 12.4 Å². The van der Waals surface area contributed by atoms with Crippen LogP contribution in [0.1, 0.15) is 11.6 Å². The van der Waals surface area contributed by atoms with E-state index in [2.05, 4.69) is 25.5 Å². The van der Waals surface area contributed by atoms with Crippen LogP contribution >= 0.6 is 0 Å². The van der Waals surface area contributed by atoms with Crippen LogP contribution < -0.4 is 5.32 Å². The summed E-state index contributed by atoms with van der Waals surface area (Å²) in [6.45, 7) is 2.00. The Morgan fingerprint density at radius 2 is 2.04 bits per heavy atom. The van der Waals surface area contributed by atoms with Crippen LogP contribution in [-0.2, 0) is 13.6 Å². The molecule has 1 aromatic carbocycles.